The van der Waals surface area contributed by atoms with Crippen LogP contribution in [0.2, 0.25) is 0 Å². The molecule has 3 fully saturated rings. The number of fused-ring (bicyclic) bond motifs is 3. The van der Waals surface area contributed by atoms with Gasteiger partial charge >= 0.3 is 0 Å². The second kappa shape index (κ2) is 12.2. The third-order valence-electron chi connectivity index (χ3n) is 11.4. The molecule has 3 aliphatic rings. The van der Waals surface area contributed by atoms with Gasteiger partial charge in [-0.15, -0.1) is 0 Å². The van der Waals surface area contributed by atoms with Crippen LogP contribution in [0.1, 0.15) is 84.3 Å². The summed E-state index contributed by atoms with van der Waals surface area (Å²) in [6, 6.07) is 20.9. The first-order valence-corrected chi connectivity index (χ1v) is 18.5. The lowest BCUT2D eigenvalue weighted by atomic mass is 9.70. The highest BCUT2D eigenvalue weighted by atomic mass is 32.2. The summed E-state index contributed by atoms with van der Waals surface area (Å²) in [6.45, 7) is 7.63. The van der Waals surface area contributed by atoms with E-state index >= 15 is 0 Å². The van der Waals surface area contributed by atoms with Crippen LogP contribution in [0.5, 0.6) is 0 Å². The van der Waals surface area contributed by atoms with Gasteiger partial charge in [-0.05, 0) is 95.4 Å². The largest absolute Gasteiger partial charge is 0.464 e. The number of para-hydroxylation sites is 2. The lowest BCUT2D eigenvalue weighted by Crippen LogP contribution is -2.49. The van der Waals surface area contributed by atoms with E-state index in [-0.39, 0.29) is 27.5 Å². The number of furan rings is 1. The zero-order valence-electron chi connectivity index (χ0n) is 28.3. The minimum absolute atomic E-state index is 0.0114. The average Bonchev–Trinajstić information content (AvgIpc) is 3.65. The summed E-state index contributed by atoms with van der Waals surface area (Å²) in [5.41, 5.74) is 3.79. The van der Waals surface area contributed by atoms with Gasteiger partial charge in [0.15, 0.2) is 0 Å². The Morgan fingerprint density at radius 3 is 2.21 bits per heavy atom. The number of nitrogens with zero attached hydrogens (tertiary/aromatic N) is 5. The quantitative estimate of drug-likeness (QED) is 0.223. The Morgan fingerprint density at radius 2 is 1.55 bits per heavy atom. The van der Waals surface area contributed by atoms with Crippen molar-refractivity contribution in [2.45, 2.75) is 94.2 Å². The molecule has 4 aromatic rings. The van der Waals surface area contributed by atoms with E-state index in [9.17, 15) is 13.2 Å². The number of aromatic nitrogens is 2. The lowest BCUT2D eigenvalue weighted by molar-refractivity contribution is 0.0602. The van der Waals surface area contributed by atoms with Crippen LogP contribution >= 0.6 is 0 Å². The standard InChI is InChI=1S/C37H47N5O4S/c1-25-34(35(26(2)46-25)47(44,45)39(4)5)36(43)40-20-17-37(18-21-40,28-11-7-6-8-12-28)19-22-41-29-15-16-30(41)24-31(23-29)42-27(3)38-32-13-9-10-14-33(32)42/h6-14,29-31H,15-24H2,1-5H3/t29-,30+,31+. The molecule has 0 N–H and O–H groups in total. The van der Waals surface area contributed by atoms with E-state index in [0.717, 1.165) is 54.3 Å². The van der Waals surface area contributed by atoms with Crippen LogP contribution in [0, 0.1) is 20.8 Å². The molecule has 7 rings (SSSR count). The van der Waals surface area contributed by atoms with Crippen LogP contribution in [-0.2, 0) is 15.4 Å². The fraction of sp³-hybridized carbons (Fsp3) is 0.514. The molecule has 47 heavy (non-hydrogen) atoms. The maximum Gasteiger partial charge on any atom is 0.258 e. The Balaban J connectivity index is 1.08. The lowest BCUT2D eigenvalue weighted by Gasteiger charge is -2.45. The van der Waals surface area contributed by atoms with Crippen molar-refractivity contribution in [3.8, 4) is 0 Å². The zero-order valence-corrected chi connectivity index (χ0v) is 29.1. The number of hydrogen-bond acceptors (Lipinski definition) is 6. The Morgan fingerprint density at radius 1 is 0.915 bits per heavy atom. The van der Waals surface area contributed by atoms with E-state index in [4.69, 9.17) is 9.40 Å². The van der Waals surface area contributed by atoms with E-state index in [1.807, 2.05) is 4.90 Å². The van der Waals surface area contributed by atoms with Gasteiger partial charge in [-0.25, -0.2) is 17.7 Å². The predicted octanol–water partition coefficient (Wildman–Crippen LogP) is 6.24. The number of rotatable bonds is 8. The Hall–Kier alpha value is -3.47. The summed E-state index contributed by atoms with van der Waals surface area (Å²) in [5, 5.41) is 0. The van der Waals surface area contributed by atoms with E-state index in [0.29, 0.717) is 37.0 Å². The van der Waals surface area contributed by atoms with Crippen molar-refractivity contribution >= 4 is 27.0 Å². The predicted molar refractivity (Wildman–Crippen MR) is 183 cm³/mol. The van der Waals surface area contributed by atoms with E-state index in [1.54, 1.807) is 13.8 Å². The first kappa shape index (κ1) is 32.1. The third kappa shape index (κ3) is 5.52. The van der Waals surface area contributed by atoms with E-state index in [1.165, 1.54) is 38.0 Å². The summed E-state index contributed by atoms with van der Waals surface area (Å²) >= 11 is 0. The number of aryl methyl sites for hydroxylation is 3. The summed E-state index contributed by atoms with van der Waals surface area (Å²) in [6.07, 6.45) is 7.50. The number of likely N-dealkylation sites (tertiary alicyclic amines) is 1. The first-order chi connectivity index (χ1) is 22.5. The highest BCUT2D eigenvalue weighted by Gasteiger charge is 2.45. The molecule has 0 unspecified atom stereocenters. The molecular formula is C37H47N5O4S. The SMILES string of the molecule is Cc1oc(C)c(S(=O)(=O)N(C)C)c1C(=O)N1CCC(CCN2[C@@H]3CC[C@H]2C[C@@H](n2c(C)nc4ccccc42)C3)(c2ccccc2)CC1. The van der Waals surface area contributed by atoms with Gasteiger partial charge in [0.1, 0.15) is 27.8 Å². The summed E-state index contributed by atoms with van der Waals surface area (Å²) in [5.74, 6) is 1.46. The Kier molecular flexibility index (Phi) is 8.33. The number of sulfonamides is 1. The molecule has 2 aromatic heterocycles. The van der Waals surface area contributed by atoms with E-state index < -0.39 is 10.0 Å². The third-order valence-corrected chi connectivity index (χ3v) is 13.4. The normalized spacial score (nSPS) is 23.2. The molecular weight excluding hydrogens is 611 g/mol. The topological polar surface area (TPSA) is 91.9 Å². The minimum Gasteiger partial charge on any atom is -0.464 e. The molecule has 3 aliphatic heterocycles. The molecule has 0 spiro atoms. The summed E-state index contributed by atoms with van der Waals surface area (Å²) in [7, 11) is -0.879. The monoisotopic (exact) mass is 657 g/mol. The van der Waals surface area contributed by atoms with Gasteiger partial charge in [0.25, 0.3) is 5.91 Å². The number of carbonyl (C=O) groups excluding carboxylic acids is 1. The van der Waals surface area contributed by atoms with Gasteiger partial charge < -0.3 is 13.9 Å². The molecule has 3 atom stereocenters. The van der Waals surface area contributed by atoms with Crippen molar-refractivity contribution < 1.29 is 17.6 Å². The fourth-order valence-electron chi connectivity index (χ4n) is 8.96. The summed E-state index contributed by atoms with van der Waals surface area (Å²) < 4.78 is 35.8. The van der Waals surface area contributed by atoms with Crippen molar-refractivity contribution in [1.82, 2.24) is 23.7 Å². The van der Waals surface area contributed by atoms with Gasteiger partial charge in [0.05, 0.1) is 11.0 Å². The molecule has 1 amide bonds. The maximum atomic E-state index is 14.0. The fourth-order valence-corrected chi connectivity index (χ4v) is 10.2. The number of carbonyl (C=O) groups is 1. The van der Waals surface area contributed by atoms with Crippen molar-refractivity contribution in [1.29, 1.82) is 0 Å². The van der Waals surface area contributed by atoms with Crippen LogP contribution < -0.4 is 0 Å². The van der Waals surface area contributed by atoms with E-state index in [2.05, 4.69) is 71.0 Å². The zero-order chi connectivity index (χ0) is 33.1. The molecule has 3 saturated heterocycles. The average molecular weight is 658 g/mol. The second-order valence-corrected chi connectivity index (χ2v) is 16.2. The first-order valence-electron chi connectivity index (χ1n) is 17.1. The second-order valence-electron chi connectivity index (χ2n) is 14.2. The molecule has 0 saturated carbocycles. The molecule has 9 nitrogen and oxygen atoms in total. The van der Waals surface area contributed by atoms with Gasteiger partial charge in [-0.3, -0.25) is 9.69 Å². The van der Waals surface area contributed by atoms with Crippen LogP contribution in [0.15, 0.2) is 63.9 Å². The van der Waals surface area contributed by atoms with Crippen molar-refractivity contribution in [3.05, 3.63) is 83.1 Å². The molecule has 2 aromatic carbocycles. The number of hydrogen-bond donors (Lipinski definition) is 0. The summed E-state index contributed by atoms with van der Waals surface area (Å²) in [4.78, 5) is 23.5. The van der Waals surface area contributed by atoms with Crippen LogP contribution in [0.3, 0.4) is 0 Å². The number of amides is 1. The Labute approximate surface area is 278 Å². The minimum atomic E-state index is -3.84. The number of piperidine rings is 2. The van der Waals surface area contributed by atoms with Crippen LogP contribution in [-0.4, -0.2) is 83.8 Å². The molecule has 0 radical (unpaired) electrons. The molecule has 10 heteroatoms. The van der Waals surface area contributed by atoms with Crippen LogP contribution in [0.4, 0.5) is 0 Å². The van der Waals surface area contributed by atoms with Gasteiger partial charge in [-0.2, -0.15) is 0 Å². The van der Waals surface area contributed by atoms with Gasteiger partial charge in [0, 0.05) is 45.3 Å². The highest BCUT2D eigenvalue weighted by molar-refractivity contribution is 7.89. The van der Waals surface area contributed by atoms with Crippen molar-refractivity contribution in [3.63, 3.8) is 0 Å². The highest BCUT2D eigenvalue weighted by Crippen LogP contribution is 2.45. The van der Waals surface area contributed by atoms with Gasteiger partial charge in [0.2, 0.25) is 10.0 Å². The number of benzene rings is 2. The maximum absolute atomic E-state index is 14.0. The smallest absolute Gasteiger partial charge is 0.258 e. The number of imidazole rings is 1. The molecule has 2 bridgehead atoms. The van der Waals surface area contributed by atoms with Crippen molar-refractivity contribution in [2.24, 2.45) is 0 Å². The molecule has 0 aliphatic carbocycles. The molecule has 250 valence electrons. The van der Waals surface area contributed by atoms with Crippen molar-refractivity contribution in [2.75, 3.05) is 33.7 Å². The Bertz CT molecular complexity index is 1870. The van der Waals surface area contributed by atoms with Gasteiger partial charge in [-0.1, -0.05) is 42.5 Å². The molecule has 5 heterocycles. The van der Waals surface area contributed by atoms with Crippen LogP contribution in [0.25, 0.3) is 11.0 Å².